The van der Waals surface area contributed by atoms with Gasteiger partial charge in [-0.2, -0.15) is 0 Å². The van der Waals surface area contributed by atoms with Gasteiger partial charge in [0.15, 0.2) is 0 Å². The number of carbonyl (C=O) groups is 2. The molecule has 1 saturated carbocycles. The van der Waals surface area contributed by atoms with Gasteiger partial charge in [-0.05, 0) is 81.6 Å². The van der Waals surface area contributed by atoms with Crippen LogP contribution in [0.5, 0.6) is 0 Å². The number of thioether (sulfide) groups is 1. The van der Waals surface area contributed by atoms with Crippen LogP contribution in [0.25, 0.3) is 6.08 Å². The predicted octanol–water partition coefficient (Wildman–Crippen LogP) is 6.25. The molecule has 2 aromatic rings. The molecule has 0 radical (unpaired) electrons. The lowest BCUT2D eigenvalue weighted by Gasteiger charge is -2.44. The lowest BCUT2D eigenvalue weighted by molar-refractivity contribution is -0.130. The van der Waals surface area contributed by atoms with Crippen molar-refractivity contribution in [1.82, 2.24) is 15.1 Å². The van der Waals surface area contributed by atoms with E-state index < -0.39 is 0 Å². The van der Waals surface area contributed by atoms with Gasteiger partial charge in [0, 0.05) is 35.5 Å². The number of carbonyl (C=O) groups excluding carboxylic acids is 2. The highest BCUT2D eigenvalue weighted by molar-refractivity contribution is 8.04. The molecule has 5 rings (SSSR count). The minimum atomic E-state index is -0.266. The topological polar surface area (TPSA) is 52.7 Å². The third kappa shape index (κ3) is 7.31. The van der Waals surface area contributed by atoms with E-state index in [-0.39, 0.29) is 23.7 Å². The van der Waals surface area contributed by atoms with E-state index in [2.05, 4.69) is 10.2 Å². The Balaban J connectivity index is 1.20. The number of hydrogen-bond acceptors (Lipinski definition) is 4. The summed E-state index contributed by atoms with van der Waals surface area (Å²) >= 11 is 1.67. The lowest BCUT2D eigenvalue weighted by Crippen LogP contribution is -2.50. The maximum Gasteiger partial charge on any atom is 0.260 e. The summed E-state index contributed by atoms with van der Waals surface area (Å²) < 4.78 is 14.4. The van der Waals surface area contributed by atoms with Crippen molar-refractivity contribution in [3.8, 4) is 0 Å². The summed E-state index contributed by atoms with van der Waals surface area (Å²) in [6.45, 7) is 4.35. The van der Waals surface area contributed by atoms with Gasteiger partial charge in [-0.25, -0.2) is 4.39 Å². The second kappa shape index (κ2) is 13.6. The van der Waals surface area contributed by atoms with Gasteiger partial charge in [0.2, 0.25) is 0 Å². The quantitative estimate of drug-likeness (QED) is 0.312. The monoisotopic (exact) mass is 549 g/mol. The molecule has 2 unspecified atom stereocenters. The lowest BCUT2D eigenvalue weighted by atomic mass is 9.92. The van der Waals surface area contributed by atoms with Crippen molar-refractivity contribution in [2.24, 2.45) is 0 Å². The van der Waals surface area contributed by atoms with Crippen LogP contribution in [0.3, 0.4) is 0 Å². The Morgan fingerprint density at radius 2 is 1.72 bits per heavy atom. The van der Waals surface area contributed by atoms with E-state index in [9.17, 15) is 14.0 Å². The van der Waals surface area contributed by atoms with Crippen LogP contribution in [-0.4, -0.2) is 59.1 Å². The van der Waals surface area contributed by atoms with E-state index in [0.717, 1.165) is 44.2 Å². The van der Waals surface area contributed by atoms with Crippen molar-refractivity contribution >= 4 is 29.7 Å². The molecule has 2 amide bonds. The molecule has 7 heteroatoms. The molecule has 2 atom stereocenters. The molecule has 2 saturated heterocycles. The predicted molar refractivity (Wildman–Crippen MR) is 157 cm³/mol. The highest BCUT2D eigenvalue weighted by Crippen LogP contribution is 2.42. The summed E-state index contributed by atoms with van der Waals surface area (Å²) in [5, 5.41) is 3.38. The van der Waals surface area contributed by atoms with Gasteiger partial charge in [-0.1, -0.05) is 56.0 Å². The number of rotatable bonds is 8. The van der Waals surface area contributed by atoms with Crippen molar-refractivity contribution in [3.63, 3.8) is 0 Å². The summed E-state index contributed by atoms with van der Waals surface area (Å²) in [6.07, 6.45) is 12.4. The number of likely N-dealkylation sites (tertiary alicyclic amines) is 1. The molecule has 39 heavy (non-hydrogen) atoms. The van der Waals surface area contributed by atoms with Gasteiger partial charge < -0.3 is 15.1 Å². The van der Waals surface area contributed by atoms with E-state index in [0.29, 0.717) is 34.4 Å². The van der Waals surface area contributed by atoms with E-state index in [1.807, 2.05) is 41.3 Å². The van der Waals surface area contributed by atoms with Crippen molar-refractivity contribution in [2.75, 3.05) is 26.2 Å². The standard InChI is InChI=1S/C32H40FN3O2S/c33-27-11-4-3-10-26(27)23-36-28-12-5-6-13-29(28)39-30(32(36)38)22-24-14-16-25(17-15-24)31(37)34-18-9-21-35-19-7-1-2-8-20-35/h3-4,10-11,14-17,22,28-29H,1-2,5-9,12-13,18-21,23H2,(H,34,37)/b30-22-. The number of nitrogens with one attached hydrogen (secondary N) is 1. The third-order valence-corrected chi connectivity index (χ3v) is 9.62. The Kier molecular flexibility index (Phi) is 9.75. The van der Waals surface area contributed by atoms with Gasteiger partial charge in [-0.15, -0.1) is 11.8 Å². The van der Waals surface area contributed by atoms with Crippen molar-refractivity contribution in [3.05, 3.63) is 75.9 Å². The Hall–Kier alpha value is -2.64. The van der Waals surface area contributed by atoms with E-state index in [1.165, 1.54) is 44.8 Å². The molecule has 1 N–H and O–H groups in total. The number of benzene rings is 2. The van der Waals surface area contributed by atoms with Crippen molar-refractivity contribution in [1.29, 1.82) is 0 Å². The average molecular weight is 550 g/mol. The molecule has 2 aromatic carbocycles. The van der Waals surface area contributed by atoms with Crippen LogP contribution in [-0.2, 0) is 11.3 Å². The molecule has 2 aliphatic heterocycles. The number of nitrogens with zero attached hydrogens (tertiary/aromatic N) is 2. The van der Waals surface area contributed by atoms with Gasteiger partial charge in [0.25, 0.3) is 11.8 Å². The smallest absolute Gasteiger partial charge is 0.260 e. The minimum Gasteiger partial charge on any atom is -0.352 e. The fraction of sp³-hybridized carbons (Fsp3) is 0.500. The zero-order valence-electron chi connectivity index (χ0n) is 22.7. The Morgan fingerprint density at radius 1 is 0.974 bits per heavy atom. The van der Waals surface area contributed by atoms with Crippen molar-refractivity contribution < 1.29 is 14.0 Å². The molecule has 0 aromatic heterocycles. The summed E-state index contributed by atoms with van der Waals surface area (Å²) in [6, 6.07) is 14.3. The number of fused-ring (bicyclic) bond motifs is 1. The average Bonchev–Trinajstić information content (AvgIpc) is 3.23. The molecular formula is C32H40FN3O2S. The highest BCUT2D eigenvalue weighted by atomic mass is 32.2. The molecule has 1 aliphatic carbocycles. The summed E-state index contributed by atoms with van der Waals surface area (Å²) in [5.74, 6) is -0.357. The van der Waals surface area contributed by atoms with E-state index in [1.54, 1.807) is 23.9 Å². The van der Waals surface area contributed by atoms with Crippen LogP contribution in [0.1, 0.15) is 79.3 Å². The second-order valence-corrected chi connectivity index (χ2v) is 12.3. The van der Waals surface area contributed by atoms with Crippen LogP contribution in [0, 0.1) is 5.82 Å². The molecule has 5 nitrogen and oxygen atoms in total. The van der Waals surface area contributed by atoms with Crippen LogP contribution < -0.4 is 5.32 Å². The zero-order chi connectivity index (χ0) is 27.0. The van der Waals surface area contributed by atoms with Crippen LogP contribution in [0.4, 0.5) is 4.39 Å². The molecule has 2 heterocycles. The van der Waals surface area contributed by atoms with Crippen LogP contribution in [0.15, 0.2) is 53.4 Å². The number of amides is 2. The normalized spacial score (nSPS) is 23.4. The summed E-state index contributed by atoms with van der Waals surface area (Å²) in [5.41, 5.74) is 2.08. The first kappa shape index (κ1) is 27.9. The molecule has 208 valence electrons. The fourth-order valence-corrected chi connectivity index (χ4v) is 7.49. The largest absolute Gasteiger partial charge is 0.352 e. The summed E-state index contributed by atoms with van der Waals surface area (Å²) in [4.78, 5) is 31.4. The Bertz CT molecular complexity index is 1160. The van der Waals surface area contributed by atoms with Gasteiger partial charge in [0.1, 0.15) is 5.82 Å². The first-order valence-electron chi connectivity index (χ1n) is 14.6. The van der Waals surface area contributed by atoms with Crippen LogP contribution >= 0.6 is 11.8 Å². The van der Waals surface area contributed by atoms with Gasteiger partial charge >= 0.3 is 0 Å². The SMILES string of the molecule is O=C(NCCCN1CCCCCC1)c1ccc(/C=C2\SC3CCCCC3N(Cc3ccccc3F)C2=O)cc1. The van der Waals surface area contributed by atoms with E-state index >= 15 is 0 Å². The molecule has 3 aliphatic rings. The molecular weight excluding hydrogens is 509 g/mol. The first-order chi connectivity index (χ1) is 19.1. The highest BCUT2D eigenvalue weighted by Gasteiger charge is 2.40. The maximum atomic E-state index is 14.4. The zero-order valence-corrected chi connectivity index (χ0v) is 23.6. The third-order valence-electron chi connectivity index (χ3n) is 8.22. The number of halogens is 1. The van der Waals surface area contributed by atoms with Crippen molar-refractivity contribution in [2.45, 2.75) is 75.6 Å². The van der Waals surface area contributed by atoms with E-state index in [4.69, 9.17) is 0 Å². The fourth-order valence-electron chi connectivity index (χ4n) is 6.02. The molecule has 0 spiro atoms. The van der Waals surface area contributed by atoms with Gasteiger partial charge in [0.05, 0.1) is 4.91 Å². The molecule has 0 bridgehead atoms. The first-order valence-corrected chi connectivity index (χ1v) is 15.5. The number of hydrogen-bond donors (Lipinski definition) is 1. The van der Waals surface area contributed by atoms with Crippen LogP contribution in [0.2, 0.25) is 0 Å². The second-order valence-electron chi connectivity index (χ2n) is 11.0. The molecule has 3 fully saturated rings. The Morgan fingerprint density at radius 3 is 2.49 bits per heavy atom. The van der Waals surface area contributed by atoms with Gasteiger partial charge in [-0.3, -0.25) is 9.59 Å². The minimum absolute atomic E-state index is 0.0300. The maximum absolute atomic E-state index is 14.4. The summed E-state index contributed by atoms with van der Waals surface area (Å²) in [7, 11) is 0. The Labute approximate surface area is 236 Å².